The summed E-state index contributed by atoms with van der Waals surface area (Å²) >= 11 is 0. The number of nitrogens with zero attached hydrogens (tertiary/aromatic N) is 5. The zero-order valence-electron chi connectivity index (χ0n) is 14.4. The molecule has 4 rings (SSSR count). The number of hydrogen-bond acceptors (Lipinski definition) is 5. The Kier molecular flexibility index (Phi) is 3.67. The third kappa shape index (κ3) is 2.95. The lowest BCUT2D eigenvalue weighted by atomic mass is 10.0. The molecule has 3 aromatic rings. The van der Waals surface area contributed by atoms with Crippen LogP contribution >= 0.6 is 0 Å². The highest BCUT2D eigenvalue weighted by Crippen LogP contribution is 2.30. The Balaban J connectivity index is 1.72. The van der Waals surface area contributed by atoms with Crippen molar-refractivity contribution in [3.05, 3.63) is 24.7 Å². The number of rotatable bonds is 4. The van der Waals surface area contributed by atoms with Gasteiger partial charge < -0.3 is 10.1 Å². The zero-order valence-corrected chi connectivity index (χ0v) is 14.4. The molecule has 3 aromatic heterocycles. The maximum absolute atomic E-state index is 11.5. The molecule has 8 heteroatoms. The van der Waals surface area contributed by atoms with Crippen molar-refractivity contribution in [2.45, 2.75) is 19.4 Å². The number of amides is 1. The Hall–Kier alpha value is -2.90. The molecular weight excluding hydrogens is 320 g/mol. The molecule has 0 radical (unpaired) electrons. The summed E-state index contributed by atoms with van der Waals surface area (Å²) in [6.45, 7) is 2.62. The minimum Gasteiger partial charge on any atom is -0.474 e. The van der Waals surface area contributed by atoms with Crippen molar-refractivity contribution in [1.82, 2.24) is 29.9 Å². The quantitative estimate of drug-likeness (QED) is 0.773. The second-order valence-corrected chi connectivity index (χ2v) is 6.54. The van der Waals surface area contributed by atoms with Crippen molar-refractivity contribution in [1.29, 1.82) is 0 Å². The van der Waals surface area contributed by atoms with Crippen LogP contribution in [0.2, 0.25) is 0 Å². The first-order valence-electron chi connectivity index (χ1n) is 8.26. The van der Waals surface area contributed by atoms with E-state index in [1.54, 1.807) is 15.6 Å². The summed E-state index contributed by atoms with van der Waals surface area (Å²) in [6, 6.07) is 1.94. The van der Waals surface area contributed by atoms with E-state index in [-0.39, 0.29) is 17.9 Å². The second kappa shape index (κ2) is 5.87. The van der Waals surface area contributed by atoms with Crippen molar-refractivity contribution in [3.63, 3.8) is 0 Å². The third-order valence-electron chi connectivity index (χ3n) is 4.55. The number of nitrogens with one attached hydrogen (secondary N) is 1. The molecule has 1 amide bonds. The third-order valence-corrected chi connectivity index (χ3v) is 4.55. The highest BCUT2D eigenvalue weighted by Gasteiger charge is 2.29. The number of aryl methyl sites for hydroxylation is 2. The Morgan fingerprint density at radius 3 is 2.84 bits per heavy atom. The van der Waals surface area contributed by atoms with E-state index in [2.05, 4.69) is 15.5 Å². The lowest BCUT2D eigenvalue weighted by molar-refractivity contribution is -0.119. The van der Waals surface area contributed by atoms with E-state index >= 15 is 0 Å². The van der Waals surface area contributed by atoms with E-state index in [9.17, 15) is 4.79 Å². The molecule has 1 saturated heterocycles. The summed E-state index contributed by atoms with van der Waals surface area (Å²) in [5, 5.41) is 12.4. The molecule has 0 aliphatic carbocycles. The fourth-order valence-electron chi connectivity index (χ4n) is 3.13. The number of carbonyl (C=O) groups excluding carboxylic acids is 1. The molecule has 0 saturated carbocycles. The van der Waals surface area contributed by atoms with Crippen molar-refractivity contribution < 1.29 is 9.53 Å². The van der Waals surface area contributed by atoms with Gasteiger partial charge in [-0.15, -0.1) is 0 Å². The molecule has 1 unspecified atom stereocenters. The summed E-state index contributed by atoms with van der Waals surface area (Å²) in [5.41, 5.74) is 2.49. The number of ether oxygens (including phenoxy) is 1. The minimum absolute atomic E-state index is 0.0732. The Bertz CT molecular complexity index is 944. The van der Waals surface area contributed by atoms with Crippen LogP contribution in [-0.4, -0.2) is 43.1 Å². The molecule has 1 aliphatic rings. The van der Waals surface area contributed by atoms with Crippen LogP contribution in [0.1, 0.15) is 13.3 Å². The Labute approximate surface area is 144 Å². The van der Waals surface area contributed by atoms with E-state index in [1.165, 1.54) is 0 Å². The van der Waals surface area contributed by atoms with Crippen LogP contribution in [0.15, 0.2) is 24.7 Å². The van der Waals surface area contributed by atoms with Gasteiger partial charge >= 0.3 is 0 Å². The smallest absolute Gasteiger partial charge is 0.225 e. The van der Waals surface area contributed by atoms with Crippen LogP contribution < -0.4 is 10.1 Å². The summed E-state index contributed by atoms with van der Waals surface area (Å²) in [6.07, 6.45) is 5.93. The van der Waals surface area contributed by atoms with Gasteiger partial charge in [0, 0.05) is 50.9 Å². The summed E-state index contributed by atoms with van der Waals surface area (Å²) in [4.78, 5) is 16.2. The first-order valence-corrected chi connectivity index (χ1v) is 8.26. The number of hydrogen-bond donors (Lipinski definition) is 1. The molecular formula is C17H20N6O2. The topological polar surface area (TPSA) is 86.9 Å². The number of carbonyl (C=O) groups is 1. The van der Waals surface area contributed by atoms with Crippen molar-refractivity contribution >= 4 is 16.8 Å². The molecule has 1 N–H and O–H groups in total. The molecule has 8 nitrogen and oxygen atoms in total. The Morgan fingerprint density at radius 1 is 1.32 bits per heavy atom. The predicted molar refractivity (Wildman–Crippen MR) is 91.9 cm³/mol. The lowest BCUT2D eigenvalue weighted by Crippen LogP contribution is -2.26. The van der Waals surface area contributed by atoms with E-state index in [1.807, 2.05) is 39.5 Å². The van der Waals surface area contributed by atoms with E-state index in [4.69, 9.17) is 9.72 Å². The molecule has 1 aliphatic heterocycles. The number of aromatic nitrogens is 5. The Morgan fingerprint density at radius 2 is 2.16 bits per heavy atom. The zero-order chi connectivity index (χ0) is 17.6. The number of fused-ring (bicyclic) bond motifs is 1. The van der Waals surface area contributed by atoms with Gasteiger partial charge in [-0.3, -0.25) is 14.2 Å². The van der Waals surface area contributed by atoms with E-state index < -0.39 is 0 Å². The van der Waals surface area contributed by atoms with Crippen molar-refractivity contribution in [2.24, 2.45) is 20.0 Å². The molecule has 0 spiro atoms. The number of pyridine rings is 1. The highest BCUT2D eigenvalue weighted by molar-refractivity contribution is 5.86. The molecule has 0 bridgehead atoms. The SMILES string of the molecule is CC(Oc1nc(-c2cnn(C)c2)cc2nn(C)cc12)[C@H]1CNC(=O)C1. The largest absolute Gasteiger partial charge is 0.474 e. The van der Waals surface area contributed by atoms with E-state index in [0.29, 0.717) is 18.8 Å². The standard InChI is InChI=1S/C17H20N6O2/c1-10(11-4-16(24)18-6-11)25-17-13-9-23(3)21-15(13)5-14(20-17)12-7-19-22(2)8-12/h5,7-11H,4,6H2,1-3H3,(H,18,24)/t10?,11-/m1/s1. The van der Waals surface area contributed by atoms with Crippen LogP contribution in [0, 0.1) is 5.92 Å². The minimum atomic E-state index is -0.126. The van der Waals surface area contributed by atoms with Gasteiger partial charge in [0.1, 0.15) is 6.10 Å². The first kappa shape index (κ1) is 15.6. The van der Waals surface area contributed by atoms with Crippen LogP contribution in [0.4, 0.5) is 0 Å². The van der Waals surface area contributed by atoms with Gasteiger partial charge in [-0.1, -0.05) is 0 Å². The van der Waals surface area contributed by atoms with Gasteiger partial charge in [0.05, 0.1) is 22.8 Å². The fourth-order valence-corrected chi connectivity index (χ4v) is 3.13. The average Bonchev–Trinajstić information content (AvgIpc) is 3.26. The van der Waals surface area contributed by atoms with Crippen molar-refractivity contribution in [2.75, 3.05) is 6.54 Å². The molecule has 25 heavy (non-hydrogen) atoms. The summed E-state index contributed by atoms with van der Waals surface area (Å²) in [5.74, 6) is 0.753. The predicted octanol–water partition coefficient (Wildman–Crippen LogP) is 1.27. The molecule has 0 aromatic carbocycles. The molecule has 2 atom stereocenters. The lowest BCUT2D eigenvalue weighted by Gasteiger charge is -2.19. The average molecular weight is 340 g/mol. The highest BCUT2D eigenvalue weighted by atomic mass is 16.5. The fraction of sp³-hybridized carbons (Fsp3) is 0.412. The van der Waals surface area contributed by atoms with Crippen LogP contribution in [-0.2, 0) is 18.9 Å². The maximum Gasteiger partial charge on any atom is 0.225 e. The van der Waals surface area contributed by atoms with Gasteiger partial charge in [-0.25, -0.2) is 4.98 Å². The molecule has 130 valence electrons. The monoisotopic (exact) mass is 340 g/mol. The van der Waals surface area contributed by atoms with Gasteiger partial charge in [-0.05, 0) is 13.0 Å². The van der Waals surface area contributed by atoms with Crippen molar-refractivity contribution in [3.8, 4) is 17.1 Å². The van der Waals surface area contributed by atoms with Crippen LogP contribution in [0.5, 0.6) is 5.88 Å². The van der Waals surface area contributed by atoms with E-state index in [0.717, 1.165) is 22.2 Å². The van der Waals surface area contributed by atoms with Crippen LogP contribution in [0.25, 0.3) is 22.2 Å². The normalized spacial score (nSPS) is 18.5. The first-order chi connectivity index (χ1) is 12.0. The second-order valence-electron chi connectivity index (χ2n) is 6.54. The van der Waals surface area contributed by atoms with Gasteiger partial charge in [0.15, 0.2) is 0 Å². The maximum atomic E-state index is 11.5. The summed E-state index contributed by atoms with van der Waals surface area (Å²) in [7, 11) is 3.74. The van der Waals surface area contributed by atoms with Gasteiger partial charge in [0.2, 0.25) is 11.8 Å². The van der Waals surface area contributed by atoms with Gasteiger partial charge in [0.25, 0.3) is 0 Å². The summed E-state index contributed by atoms with van der Waals surface area (Å²) < 4.78 is 9.64. The van der Waals surface area contributed by atoms with Gasteiger partial charge in [-0.2, -0.15) is 10.2 Å². The molecule has 1 fully saturated rings. The van der Waals surface area contributed by atoms with Crippen LogP contribution in [0.3, 0.4) is 0 Å². The molecule has 4 heterocycles.